The predicted octanol–water partition coefficient (Wildman–Crippen LogP) is 5.80. The molecule has 0 bridgehead atoms. The van der Waals surface area contributed by atoms with Gasteiger partial charge in [-0.1, -0.05) is 76.1 Å². The molecule has 0 spiro atoms. The van der Waals surface area contributed by atoms with Gasteiger partial charge < -0.3 is 5.11 Å². The molecule has 0 aromatic heterocycles. The van der Waals surface area contributed by atoms with Crippen molar-refractivity contribution in [1.29, 1.82) is 0 Å². The Labute approximate surface area is 118 Å². The van der Waals surface area contributed by atoms with Gasteiger partial charge in [0.15, 0.2) is 0 Å². The van der Waals surface area contributed by atoms with E-state index in [1.807, 2.05) is 24.3 Å². The standard InChI is InChI=1S/C18H28O/c1-3-5-6-7-8-9-10-13-16(4-2)17-14-11-12-15-18(17)19/h4,11-12,14-16,19H,2-3,5-10,13H2,1H3. The van der Waals surface area contributed by atoms with Gasteiger partial charge in [0.05, 0.1) is 0 Å². The number of hydrogen-bond donors (Lipinski definition) is 1. The van der Waals surface area contributed by atoms with Gasteiger partial charge in [-0.05, 0) is 12.5 Å². The molecule has 0 aliphatic heterocycles. The van der Waals surface area contributed by atoms with E-state index in [2.05, 4.69) is 13.5 Å². The zero-order valence-electron chi connectivity index (χ0n) is 12.3. The van der Waals surface area contributed by atoms with Crippen LogP contribution in [0.15, 0.2) is 36.9 Å². The summed E-state index contributed by atoms with van der Waals surface area (Å²) in [6.07, 6.45) is 12.3. The molecule has 1 aromatic carbocycles. The number of phenolic OH excluding ortho intramolecular Hbond substituents is 1. The average molecular weight is 260 g/mol. The third-order valence-electron chi connectivity index (χ3n) is 3.74. The summed E-state index contributed by atoms with van der Waals surface area (Å²) >= 11 is 0. The number of phenols is 1. The Morgan fingerprint density at radius 1 is 1.05 bits per heavy atom. The summed E-state index contributed by atoms with van der Waals surface area (Å²) in [6.45, 7) is 6.16. The van der Waals surface area contributed by atoms with Crippen molar-refractivity contribution in [2.75, 3.05) is 0 Å². The summed E-state index contributed by atoms with van der Waals surface area (Å²) in [7, 11) is 0. The molecule has 19 heavy (non-hydrogen) atoms. The van der Waals surface area contributed by atoms with Crippen LogP contribution in [0.1, 0.15) is 69.8 Å². The van der Waals surface area contributed by atoms with Gasteiger partial charge >= 0.3 is 0 Å². The number of unbranched alkanes of at least 4 members (excludes halogenated alkanes) is 6. The Morgan fingerprint density at radius 3 is 2.32 bits per heavy atom. The van der Waals surface area contributed by atoms with Gasteiger partial charge in [-0.3, -0.25) is 0 Å². The lowest BCUT2D eigenvalue weighted by Crippen LogP contribution is -1.95. The first-order chi connectivity index (χ1) is 9.29. The van der Waals surface area contributed by atoms with E-state index >= 15 is 0 Å². The first kappa shape index (κ1) is 15.8. The number of aromatic hydroxyl groups is 1. The molecule has 1 aromatic rings. The molecule has 0 aliphatic carbocycles. The van der Waals surface area contributed by atoms with E-state index in [1.54, 1.807) is 6.07 Å². The molecule has 0 fully saturated rings. The van der Waals surface area contributed by atoms with Crippen LogP contribution >= 0.6 is 0 Å². The second kappa shape index (κ2) is 9.66. The van der Waals surface area contributed by atoms with Gasteiger partial charge in [0.25, 0.3) is 0 Å². The van der Waals surface area contributed by atoms with Crippen LogP contribution in [0.4, 0.5) is 0 Å². The van der Waals surface area contributed by atoms with Gasteiger partial charge in [0.2, 0.25) is 0 Å². The van der Waals surface area contributed by atoms with Crippen LogP contribution < -0.4 is 0 Å². The molecule has 1 unspecified atom stereocenters. The van der Waals surface area contributed by atoms with Crippen LogP contribution in [0.2, 0.25) is 0 Å². The minimum atomic E-state index is 0.289. The fraction of sp³-hybridized carbons (Fsp3) is 0.556. The number of benzene rings is 1. The maximum absolute atomic E-state index is 9.86. The van der Waals surface area contributed by atoms with Gasteiger partial charge in [-0.2, -0.15) is 0 Å². The van der Waals surface area contributed by atoms with E-state index < -0.39 is 0 Å². The molecular formula is C18H28O. The Balaban J connectivity index is 2.26. The third kappa shape index (κ3) is 5.96. The van der Waals surface area contributed by atoms with Gasteiger partial charge in [-0.15, -0.1) is 6.58 Å². The van der Waals surface area contributed by atoms with E-state index in [0.717, 1.165) is 12.0 Å². The molecular weight excluding hydrogens is 232 g/mol. The Bertz CT molecular complexity index is 356. The molecule has 1 nitrogen and oxygen atoms in total. The highest BCUT2D eigenvalue weighted by molar-refractivity contribution is 5.36. The summed E-state index contributed by atoms with van der Waals surface area (Å²) in [5.74, 6) is 0.687. The smallest absolute Gasteiger partial charge is 0.119 e. The Morgan fingerprint density at radius 2 is 1.68 bits per heavy atom. The number of rotatable bonds is 10. The average Bonchev–Trinajstić information content (AvgIpc) is 2.43. The summed E-state index contributed by atoms with van der Waals surface area (Å²) in [5.41, 5.74) is 1.02. The van der Waals surface area contributed by atoms with Crippen LogP contribution in [0.25, 0.3) is 0 Å². The maximum atomic E-state index is 9.86. The molecule has 0 amide bonds. The van der Waals surface area contributed by atoms with Crippen molar-refractivity contribution in [3.05, 3.63) is 42.5 Å². The highest BCUT2D eigenvalue weighted by Gasteiger charge is 2.10. The third-order valence-corrected chi connectivity index (χ3v) is 3.74. The van der Waals surface area contributed by atoms with Crippen LogP contribution in [0.3, 0.4) is 0 Å². The lowest BCUT2D eigenvalue weighted by molar-refractivity contribution is 0.461. The van der Waals surface area contributed by atoms with Crippen LogP contribution in [-0.4, -0.2) is 5.11 Å². The van der Waals surface area contributed by atoms with Crippen molar-refractivity contribution >= 4 is 0 Å². The SMILES string of the molecule is C=CC(CCCCCCCCC)c1ccccc1O. The summed E-state index contributed by atoms with van der Waals surface area (Å²) in [6, 6.07) is 7.61. The second-order valence-electron chi connectivity index (χ2n) is 5.31. The van der Waals surface area contributed by atoms with Crippen molar-refractivity contribution in [1.82, 2.24) is 0 Å². The molecule has 1 heteroatoms. The zero-order chi connectivity index (χ0) is 13.9. The van der Waals surface area contributed by atoms with E-state index in [0.29, 0.717) is 5.75 Å². The van der Waals surface area contributed by atoms with E-state index in [-0.39, 0.29) is 5.92 Å². The van der Waals surface area contributed by atoms with Crippen LogP contribution in [0, 0.1) is 0 Å². The quantitative estimate of drug-likeness (QED) is 0.416. The van der Waals surface area contributed by atoms with Crippen molar-refractivity contribution in [2.24, 2.45) is 0 Å². The lowest BCUT2D eigenvalue weighted by atomic mass is 9.92. The first-order valence-corrected chi connectivity index (χ1v) is 7.70. The molecule has 1 rings (SSSR count). The summed E-state index contributed by atoms with van der Waals surface area (Å²) in [5, 5.41) is 9.86. The second-order valence-corrected chi connectivity index (χ2v) is 5.31. The van der Waals surface area contributed by atoms with E-state index in [1.165, 1.54) is 44.9 Å². The summed E-state index contributed by atoms with van der Waals surface area (Å²) < 4.78 is 0. The Hall–Kier alpha value is -1.24. The van der Waals surface area contributed by atoms with Crippen LogP contribution in [0.5, 0.6) is 5.75 Å². The van der Waals surface area contributed by atoms with E-state index in [9.17, 15) is 5.11 Å². The number of allylic oxidation sites excluding steroid dienone is 1. The van der Waals surface area contributed by atoms with Gasteiger partial charge in [-0.25, -0.2) is 0 Å². The van der Waals surface area contributed by atoms with Crippen LogP contribution in [-0.2, 0) is 0 Å². The highest BCUT2D eigenvalue weighted by Crippen LogP contribution is 2.30. The molecule has 106 valence electrons. The molecule has 0 saturated carbocycles. The normalized spacial score (nSPS) is 12.3. The molecule has 1 atom stereocenters. The van der Waals surface area contributed by atoms with Gasteiger partial charge in [0, 0.05) is 11.5 Å². The molecule has 1 N–H and O–H groups in total. The molecule has 0 heterocycles. The Kier molecular flexibility index (Phi) is 8.04. The molecule has 0 radical (unpaired) electrons. The van der Waals surface area contributed by atoms with Crippen molar-refractivity contribution in [2.45, 2.75) is 64.2 Å². The first-order valence-electron chi connectivity index (χ1n) is 7.70. The highest BCUT2D eigenvalue weighted by atomic mass is 16.3. The fourth-order valence-electron chi connectivity index (χ4n) is 2.52. The largest absolute Gasteiger partial charge is 0.508 e. The van der Waals surface area contributed by atoms with Crippen molar-refractivity contribution in [3.8, 4) is 5.75 Å². The summed E-state index contributed by atoms with van der Waals surface area (Å²) in [4.78, 5) is 0. The van der Waals surface area contributed by atoms with Gasteiger partial charge in [0.1, 0.15) is 5.75 Å². The zero-order valence-corrected chi connectivity index (χ0v) is 12.3. The van der Waals surface area contributed by atoms with Crippen molar-refractivity contribution < 1.29 is 5.11 Å². The monoisotopic (exact) mass is 260 g/mol. The fourth-order valence-corrected chi connectivity index (χ4v) is 2.52. The minimum absolute atomic E-state index is 0.289. The lowest BCUT2D eigenvalue weighted by Gasteiger charge is -2.14. The van der Waals surface area contributed by atoms with E-state index in [4.69, 9.17) is 0 Å². The molecule has 0 saturated heterocycles. The topological polar surface area (TPSA) is 20.2 Å². The minimum Gasteiger partial charge on any atom is -0.508 e. The predicted molar refractivity (Wildman–Crippen MR) is 83.7 cm³/mol. The van der Waals surface area contributed by atoms with Crippen molar-refractivity contribution in [3.63, 3.8) is 0 Å². The molecule has 0 aliphatic rings. The number of para-hydroxylation sites is 1. The number of hydrogen-bond acceptors (Lipinski definition) is 1. The maximum Gasteiger partial charge on any atom is 0.119 e.